The summed E-state index contributed by atoms with van der Waals surface area (Å²) in [6.07, 6.45) is 3.24. The molecule has 0 aliphatic heterocycles. The van der Waals surface area contributed by atoms with Crippen molar-refractivity contribution in [2.45, 2.75) is 45.6 Å². The van der Waals surface area contributed by atoms with E-state index in [0.29, 0.717) is 22.8 Å². The monoisotopic (exact) mass is 337 g/mol. The highest BCUT2D eigenvalue weighted by Gasteiger charge is 2.16. The molecule has 0 amide bonds. The van der Waals surface area contributed by atoms with Crippen molar-refractivity contribution in [2.24, 2.45) is 10.3 Å². The van der Waals surface area contributed by atoms with E-state index in [2.05, 4.69) is 15.7 Å². The first-order chi connectivity index (χ1) is 11.0. The second-order valence-electron chi connectivity index (χ2n) is 5.57. The van der Waals surface area contributed by atoms with Gasteiger partial charge in [-0.25, -0.2) is 4.79 Å². The maximum absolute atomic E-state index is 12.0. The Morgan fingerprint density at radius 2 is 2.00 bits per heavy atom. The number of benzene rings is 1. The van der Waals surface area contributed by atoms with Crippen LogP contribution in [0.5, 0.6) is 0 Å². The number of ether oxygens (including phenoxy) is 1. The van der Waals surface area contributed by atoms with E-state index < -0.39 is 5.97 Å². The normalized spacial score (nSPS) is 18.4. The van der Waals surface area contributed by atoms with Crippen molar-refractivity contribution < 1.29 is 14.7 Å². The molecule has 0 atom stereocenters. The average molecular weight is 338 g/mol. The molecule has 1 aromatic carbocycles. The Morgan fingerprint density at radius 3 is 2.65 bits per heavy atom. The van der Waals surface area contributed by atoms with Crippen LogP contribution in [0.15, 0.2) is 28.5 Å². The number of halogens is 1. The molecule has 0 aromatic heterocycles. The molecule has 6 nitrogen and oxygen atoms in total. The third-order valence-electron chi connectivity index (χ3n) is 3.38. The number of nitrogens with one attached hydrogen (secondary N) is 1. The van der Waals surface area contributed by atoms with Crippen LogP contribution in [0.3, 0.4) is 0 Å². The molecule has 1 aromatic rings. The van der Waals surface area contributed by atoms with E-state index in [9.17, 15) is 4.79 Å². The van der Waals surface area contributed by atoms with Gasteiger partial charge in [-0.05, 0) is 57.7 Å². The molecule has 0 spiro atoms. The zero-order valence-corrected chi connectivity index (χ0v) is 13.9. The van der Waals surface area contributed by atoms with Gasteiger partial charge < -0.3 is 9.94 Å². The molecule has 0 unspecified atom stereocenters. The first-order valence-electron chi connectivity index (χ1n) is 7.55. The van der Waals surface area contributed by atoms with Gasteiger partial charge in [-0.3, -0.25) is 5.43 Å². The number of esters is 1. The summed E-state index contributed by atoms with van der Waals surface area (Å²) in [5.74, 6) is -0.475. The van der Waals surface area contributed by atoms with Crippen LogP contribution in [0.1, 0.15) is 49.9 Å². The first kappa shape index (κ1) is 17.3. The van der Waals surface area contributed by atoms with Gasteiger partial charge in [0.15, 0.2) is 0 Å². The molecular weight excluding hydrogens is 318 g/mol. The van der Waals surface area contributed by atoms with Crippen molar-refractivity contribution >= 4 is 34.7 Å². The molecule has 0 bridgehead atoms. The van der Waals surface area contributed by atoms with Crippen molar-refractivity contribution in [3.8, 4) is 0 Å². The lowest BCUT2D eigenvalue weighted by Crippen LogP contribution is -2.20. The molecule has 0 saturated heterocycles. The number of anilines is 1. The van der Waals surface area contributed by atoms with Crippen molar-refractivity contribution in [1.82, 2.24) is 0 Å². The highest BCUT2D eigenvalue weighted by atomic mass is 35.5. The fourth-order valence-electron chi connectivity index (χ4n) is 2.26. The topological polar surface area (TPSA) is 83.3 Å². The number of nitrogens with zero attached hydrogens (tertiary/aromatic N) is 2. The minimum atomic E-state index is -0.475. The third kappa shape index (κ3) is 4.69. The highest BCUT2D eigenvalue weighted by Crippen LogP contribution is 2.22. The Hall–Kier alpha value is -2.08. The molecule has 124 valence electrons. The molecule has 23 heavy (non-hydrogen) atoms. The van der Waals surface area contributed by atoms with E-state index in [1.54, 1.807) is 32.0 Å². The van der Waals surface area contributed by atoms with E-state index in [1.807, 2.05) is 0 Å². The molecule has 0 heterocycles. The lowest BCUT2D eigenvalue weighted by atomic mass is 9.96. The van der Waals surface area contributed by atoms with Gasteiger partial charge in [0.25, 0.3) is 0 Å². The molecule has 1 aliphatic carbocycles. The van der Waals surface area contributed by atoms with Crippen molar-refractivity contribution in [2.75, 3.05) is 5.43 Å². The zero-order valence-electron chi connectivity index (χ0n) is 13.2. The Morgan fingerprint density at radius 1 is 1.30 bits per heavy atom. The Bertz CT molecular complexity index is 641. The maximum atomic E-state index is 12.0. The Kier molecular flexibility index (Phi) is 5.98. The molecule has 1 fully saturated rings. The molecule has 1 saturated carbocycles. The second-order valence-corrected chi connectivity index (χ2v) is 5.98. The van der Waals surface area contributed by atoms with Crippen LogP contribution in [0, 0.1) is 0 Å². The average Bonchev–Trinajstić information content (AvgIpc) is 2.53. The summed E-state index contributed by atoms with van der Waals surface area (Å²) >= 11 is 6.05. The van der Waals surface area contributed by atoms with E-state index in [0.717, 1.165) is 25.0 Å². The predicted octanol–water partition coefficient (Wildman–Crippen LogP) is 4.08. The van der Waals surface area contributed by atoms with Crippen LogP contribution >= 0.6 is 11.6 Å². The van der Waals surface area contributed by atoms with Crippen LogP contribution < -0.4 is 5.43 Å². The van der Waals surface area contributed by atoms with Gasteiger partial charge in [0.1, 0.15) is 5.71 Å². The van der Waals surface area contributed by atoms with Crippen molar-refractivity contribution in [3.05, 3.63) is 28.8 Å². The summed E-state index contributed by atoms with van der Waals surface area (Å²) in [7, 11) is 0. The molecule has 2 rings (SSSR count). The fourth-order valence-corrected chi connectivity index (χ4v) is 2.46. The molecule has 7 heteroatoms. The van der Waals surface area contributed by atoms with Gasteiger partial charge in [0.05, 0.1) is 28.1 Å². The number of carbonyl (C=O) groups excluding carboxylic acids is 1. The standard InChI is InChI=1S/C16H20ClN3O3/c1-10(2)23-16(21)12-9-11(7-8-13(12)17)18-19-14-5-3-4-6-15(14)20-22/h7-10,18,22H,3-6H2,1-2H3. The molecular formula is C16H20ClN3O3. The van der Waals surface area contributed by atoms with E-state index in [-0.39, 0.29) is 11.7 Å². The summed E-state index contributed by atoms with van der Waals surface area (Å²) in [5.41, 5.74) is 5.10. The van der Waals surface area contributed by atoms with Gasteiger partial charge in [-0.1, -0.05) is 16.8 Å². The Labute approximate surface area is 140 Å². The van der Waals surface area contributed by atoms with Crippen molar-refractivity contribution in [3.63, 3.8) is 0 Å². The minimum absolute atomic E-state index is 0.221. The van der Waals surface area contributed by atoms with Gasteiger partial charge in [-0.2, -0.15) is 5.10 Å². The smallest absolute Gasteiger partial charge is 0.339 e. The quantitative estimate of drug-likeness (QED) is 0.492. The summed E-state index contributed by atoms with van der Waals surface area (Å²) in [6, 6.07) is 4.93. The second kappa shape index (κ2) is 7.97. The van der Waals surface area contributed by atoms with Gasteiger partial charge in [-0.15, -0.1) is 0 Å². The third-order valence-corrected chi connectivity index (χ3v) is 3.71. The van der Waals surface area contributed by atoms with Crippen LogP contribution in [0.4, 0.5) is 5.69 Å². The minimum Gasteiger partial charge on any atom is -0.459 e. The predicted molar refractivity (Wildman–Crippen MR) is 90.8 cm³/mol. The van der Waals surface area contributed by atoms with Gasteiger partial charge in [0.2, 0.25) is 0 Å². The largest absolute Gasteiger partial charge is 0.459 e. The van der Waals surface area contributed by atoms with E-state index in [4.69, 9.17) is 21.5 Å². The lowest BCUT2D eigenvalue weighted by molar-refractivity contribution is 0.0378. The summed E-state index contributed by atoms with van der Waals surface area (Å²) in [4.78, 5) is 12.0. The highest BCUT2D eigenvalue weighted by molar-refractivity contribution is 6.42. The summed E-state index contributed by atoms with van der Waals surface area (Å²) < 4.78 is 5.16. The fraction of sp³-hybridized carbons (Fsp3) is 0.438. The van der Waals surface area contributed by atoms with Crippen LogP contribution in [-0.4, -0.2) is 28.7 Å². The van der Waals surface area contributed by atoms with Crippen LogP contribution in [0.25, 0.3) is 0 Å². The summed E-state index contributed by atoms with van der Waals surface area (Å²) in [6.45, 7) is 3.55. The molecule has 0 radical (unpaired) electrons. The van der Waals surface area contributed by atoms with Gasteiger partial charge >= 0.3 is 5.97 Å². The maximum Gasteiger partial charge on any atom is 0.339 e. The number of hydrogen-bond acceptors (Lipinski definition) is 6. The summed E-state index contributed by atoms with van der Waals surface area (Å²) in [5, 5.41) is 16.9. The number of hydrogen-bond donors (Lipinski definition) is 2. The van der Waals surface area contributed by atoms with E-state index >= 15 is 0 Å². The van der Waals surface area contributed by atoms with E-state index in [1.165, 1.54) is 0 Å². The number of rotatable bonds is 4. The van der Waals surface area contributed by atoms with Crippen molar-refractivity contribution in [1.29, 1.82) is 0 Å². The lowest BCUT2D eigenvalue weighted by Gasteiger charge is -2.14. The molecule has 2 N–H and O–H groups in total. The van der Waals surface area contributed by atoms with Crippen LogP contribution in [0.2, 0.25) is 5.02 Å². The number of oxime groups is 1. The Balaban J connectivity index is 2.16. The van der Waals surface area contributed by atoms with Gasteiger partial charge in [0, 0.05) is 0 Å². The first-order valence-corrected chi connectivity index (χ1v) is 7.93. The molecule has 1 aliphatic rings. The van der Waals surface area contributed by atoms with Crippen LogP contribution in [-0.2, 0) is 4.74 Å². The number of carbonyl (C=O) groups is 1. The number of hydrazone groups is 1. The zero-order chi connectivity index (χ0) is 16.8. The SMILES string of the molecule is CC(C)OC(=O)c1cc(NN=C2CCCCC2=NO)ccc1Cl.